The van der Waals surface area contributed by atoms with Crippen LogP contribution in [0, 0.1) is 0 Å². The van der Waals surface area contributed by atoms with Crippen LogP contribution in [0.25, 0.3) is 0 Å². The lowest BCUT2D eigenvalue weighted by Crippen LogP contribution is -2.47. The number of hydrogen-bond acceptors (Lipinski definition) is 3. The highest BCUT2D eigenvalue weighted by atomic mass is 35.5. The molecule has 1 aliphatic heterocycles. The van der Waals surface area contributed by atoms with E-state index >= 15 is 0 Å². The SMILES string of the molecule is CCCC(=O)NC1CCN(S(=O)(=O)CCCCCl)CC1. The van der Waals surface area contributed by atoms with E-state index in [1.807, 2.05) is 6.92 Å². The van der Waals surface area contributed by atoms with Crippen LogP contribution in [0.2, 0.25) is 0 Å². The average molecular weight is 325 g/mol. The van der Waals surface area contributed by atoms with Crippen molar-refractivity contribution < 1.29 is 13.2 Å². The van der Waals surface area contributed by atoms with E-state index in [0.29, 0.717) is 44.7 Å². The van der Waals surface area contributed by atoms with Gasteiger partial charge in [0.05, 0.1) is 5.75 Å². The third-order valence-corrected chi connectivity index (χ3v) is 5.70. The Balaban J connectivity index is 2.35. The third kappa shape index (κ3) is 5.97. The number of piperidine rings is 1. The van der Waals surface area contributed by atoms with Crippen LogP contribution in [0.15, 0.2) is 0 Å². The molecule has 0 atom stereocenters. The van der Waals surface area contributed by atoms with Gasteiger partial charge in [0.2, 0.25) is 15.9 Å². The van der Waals surface area contributed by atoms with Gasteiger partial charge in [-0.05, 0) is 32.1 Å². The Kier molecular flexibility index (Phi) is 7.84. The molecule has 0 aromatic rings. The average Bonchev–Trinajstić information content (AvgIpc) is 2.39. The van der Waals surface area contributed by atoms with E-state index in [4.69, 9.17) is 11.6 Å². The summed E-state index contributed by atoms with van der Waals surface area (Å²) in [5.41, 5.74) is 0. The van der Waals surface area contributed by atoms with Crippen molar-refractivity contribution in [3.05, 3.63) is 0 Å². The number of alkyl halides is 1. The maximum atomic E-state index is 12.1. The lowest BCUT2D eigenvalue weighted by atomic mass is 10.1. The molecule has 1 rings (SSSR count). The molecule has 5 nitrogen and oxygen atoms in total. The normalized spacial score (nSPS) is 18.1. The van der Waals surface area contributed by atoms with Gasteiger partial charge >= 0.3 is 0 Å². The molecule has 0 aliphatic carbocycles. The molecule has 1 heterocycles. The summed E-state index contributed by atoms with van der Waals surface area (Å²) in [5.74, 6) is 0.740. The third-order valence-electron chi connectivity index (χ3n) is 3.48. The number of amides is 1. The number of nitrogens with zero attached hydrogens (tertiary/aromatic N) is 1. The number of nitrogens with one attached hydrogen (secondary N) is 1. The molecule has 7 heteroatoms. The lowest BCUT2D eigenvalue weighted by Gasteiger charge is -2.31. The molecule has 1 aliphatic rings. The van der Waals surface area contributed by atoms with Gasteiger partial charge in [0.25, 0.3) is 0 Å². The van der Waals surface area contributed by atoms with E-state index in [9.17, 15) is 13.2 Å². The molecule has 0 spiro atoms. The fourth-order valence-corrected chi connectivity index (χ4v) is 4.10. The maximum Gasteiger partial charge on any atom is 0.220 e. The van der Waals surface area contributed by atoms with E-state index in [0.717, 1.165) is 12.8 Å². The summed E-state index contributed by atoms with van der Waals surface area (Å²) in [7, 11) is -3.16. The molecule has 0 unspecified atom stereocenters. The first-order chi connectivity index (χ1) is 9.49. The van der Waals surface area contributed by atoms with E-state index in [-0.39, 0.29) is 17.7 Å². The number of rotatable bonds is 8. The van der Waals surface area contributed by atoms with Gasteiger partial charge in [0, 0.05) is 31.4 Å². The van der Waals surface area contributed by atoms with Gasteiger partial charge in [-0.2, -0.15) is 0 Å². The molecule has 1 N–H and O–H groups in total. The summed E-state index contributed by atoms with van der Waals surface area (Å²) < 4.78 is 25.7. The van der Waals surface area contributed by atoms with Crippen molar-refractivity contribution in [3.63, 3.8) is 0 Å². The maximum absolute atomic E-state index is 12.1. The zero-order valence-corrected chi connectivity index (χ0v) is 13.7. The second-order valence-electron chi connectivity index (χ2n) is 5.20. The van der Waals surface area contributed by atoms with Crippen LogP contribution in [0.1, 0.15) is 45.4 Å². The van der Waals surface area contributed by atoms with Crippen LogP contribution in [0.3, 0.4) is 0 Å². The molecule has 0 saturated carbocycles. The van der Waals surface area contributed by atoms with Crippen molar-refractivity contribution in [3.8, 4) is 0 Å². The first-order valence-electron chi connectivity index (χ1n) is 7.32. The van der Waals surface area contributed by atoms with E-state index in [1.165, 1.54) is 0 Å². The Bertz CT molecular complexity index is 392. The molecule has 0 radical (unpaired) electrons. The molecule has 0 aromatic heterocycles. The lowest BCUT2D eigenvalue weighted by molar-refractivity contribution is -0.122. The Morgan fingerprint density at radius 3 is 2.50 bits per heavy atom. The van der Waals surface area contributed by atoms with Gasteiger partial charge in [-0.15, -0.1) is 11.6 Å². The molecular formula is C13H25ClN2O3S. The first kappa shape index (κ1) is 17.7. The van der Waals surface area contributed by atoms with Crippen molar-refractivity contribution in [1.82, 2.24) is 9.62 Å². The van der Waals surface area contributed by atoms with E-state index in [2.05, 4.69) is 5.32 Å². The second kappa shape index (κ2) is 8.85. The summed E-state index contributed by atoms with van der Waals surface area (Å²) in [6.07, 6.45) is 4.11. The van der Waals surface area contributed by atoms with Crippen LogP contribution in [-0.4, -0.2) is 49.4 Å². The van der Waals surface area contributed by atoms with Crippen molar-refractivity contribution in [2.75, 3.05) is 24.7 Å². The molecule has 118 valence electrons. The smallest absolute Gasteiger partial charge is 0.220 e. The van der Waals surface area contributed by atoms with Gasteiger partial charge in [0.1, 0.15) is 0 Å². The van der Waals surface area contributed by atoms with Crippen LogP contribution in [-0.2, 0) is 14.8 Å². The van der Waals surface area contributed by atoms with Gasteiger partial charge in [-0.3, -0.25) is 4.79 Å². The zero-order valence-electron chi connectivity index (χ0n) is 12.1. The van der Waals surface area contributed by atoms with Crippen LogP contribution < -0.4 is 5.32 Å². The fraction of sp³-hybridized carbons (Fsp3) is 0.923. The standard InChI is InChI=1S/C13H25ClN2O3S/c1-2-5-13(17)15-12-6-9-16(10-7-12)20(18,19)11-4-3-8-14/h12H,2-11H2,1H3,(H,15,17). The molecule has 0 aromatic carbocycles. The summed E-state index contributed by atoms with van der Waals surface area (Å²) in [4.78, 5) is 11.5. The molecule has 0 bridgehead atoms. The van der Waals surface area contributed by atoms with Crippen molar-refractivity contribution >= 4 is 27.5 Å². The number of sulfonamides is 1. The summed E-state index contributed by atoms with van der Waals surface area (Å²) in [5, 5.41) is 2.97. The van der Waals surface area contributed by atoms with E-state index in [1.54, 1.807) is 4.31 Å². The molecule has 1 saturated heterocycles. The zero-order chi connectivity index (χ0) is 15.0. The summed E-state index contributed by atoms with van der Waals surface area (Å²) in [6, 6.07) is 0.114. The van der Waals surface area contributed by atoms with Crippen molar-refractivity contribution in [2.24, 2.45) is 0 Å². The second-order valence-corrected chi connectivity index (χ2v) is 7.67. The number of carbonyl (C=O) groups is 1. The number of unbranched alkanes of at least 4 members (excludes halogenated alkanes) is 1. The van der Waals surface area contributed by atoms with Gasteiger partial charge < -0.3 is 5.32 Å². The highest BCUT2D eigenvalue weighted by molar-refractivity contribution is 7.89. The summed E-state index contributed by atoms with van der Waals surface area (Å²) >= 11 is 5.56. The first-order valence-corrected chi connectivity index (χ1v) is 9.47. The van der Waals surface area contributed by atoms with E-state index < -0.39 is 10.0 Å². The topological polar surface area (TPSA) is 66.5 Å². The predicted octanol–water partition coefficient (Wildman–Crippen LogP) is 1.72. The van der Waals surface area contributed by atoms with Gasteiger partial charge in [-0.25, -0.2) is 12.7 Å². The van der Waals surface area contributed by atoms with Gasteiger partial charge in [0.15, 0.2) is 0 Å². The van der Waals surface area contributed by atoms with Crippen molar-refractivity contribution in [1.29, 1.82) is 0 Å². The van der Waals surface area contributed by atoms with Gasteiger partial charge in [-0.1, -0.05) is 6.92 Å². The summed E-state index contributed by atoms with van der Waals surface area (Å²) in [6.45, 7) is 2.97. The Morgan fingerprint density at radius 2 is 1.95 bits per heavy atom. The Morgan fingerprint density at radius 1 is 1.30 bits per heavy atom. The van der Waals surface area contributed by atoms with Crippen molar-refractivity contribution in [2.45, 2.75) is 51.5 Å². The van der Waals surface area contributed by atoms with Crippen LogP contribution in [0.5, 0.6) is 0 Å². The number of hydrogen-bond donors (Lipinski definition) is 1. The quantitative estimate of drug-likeness (QED) is 0.546. The molecule has 20 heavy (non-hydrogen) atoms. The van der Waals surface area contributed by atoms with Crippen LogP contribution >= 0.6 is 11.6 Å². The fourth-order valence-electron chi connectivity index (χ4n) is 2.31. The molecule has 1 fully saturated rings. The highest BCUT2D eigenvalue weighted by Crippen LogP contribution is 2.15. The largest absolute Gasteiger partial charge is 0.353 e. The number of carbonyl (C=O) groups excluding carboxylic acids is 1. The molecule has 1 amide bonds. The Hall–Kier alpha value is -0.330. The molecular weight excluding hydrogens is 300 g/mol. The number of halogens is 1. The monoisotopic (exact) mass is 324 g/mol. The minimum absolute atomic E-state index is 0.0657. The van der Waals surface area contributed by atoms with Crippen LogP contribution in [0.4, 0.5) is 0 Å². The minimum atomic E-state index is -3.16. The Labute approximate surface area is 127 Å². The minimum Gasteiger partial charge on any atom is -0.353 e. The predicted molar refractivity (Wildman–Crippen MR) is 81.4 cm³/mol. The highest BCUT2D eigenvalue weighted by Gasteiger charge is 2.27.